The maximum atomic E-state index is 11.9. The molecule has 3 rings (SSSR count). The molecule has 2 aromatic carbocycles. The molecule has 0 saturated carbocycles. The van der Waals surface area contributed by atoms with Gasteiger partial charge < -0.3 is 14.4 Å². The van der Waals surface area contributed by atoms with E-state index in [0.29, 0.717) is 5.69 Å². The van der Waals surface area contributed by atoms with Crippen molar-refractivity contribution in [2.75, 3.05) is 29.2 Å². The van der Waals surface area contributed by atoms with Crippen LogP contribution in [0.1, 0.15) is 43.9 Å². The summed E-state index contributed by atoms with van der Waals surface area (Å²) in [4.78, 5) is 14.1. The van der Waals surface area contributed by atoms with Gasteiger partial charge in [0.15, 0.2) is 0 Å². The first kappa shape index (κ1) is 21.8. The largest absolute Gasteiger partial charge is 0.491 e. The molecular weight excluding hydrogens is 402 g/mol. The van der Waals surface area contributed by atoms with Crippen molar-refractivity contribution < 1.29 is 14.3 Å². The first-order valence-electron chi connectivity index (χ1n) is 10.0. The number of hydrogen-bond acceptors (Lipinski definition) is 5. The molecule has 2 aromatic rings. The Morgan fingerprint density at radius 2 is 2.10 bits per heavy atom. The number of hydrogen-bond donors (Lipinski definition) is 1. The van der Waals surface area contributed by atoms with Crippen molar-refractivity contribution in [1.29, 1.82) is 5.26 Å². The van der Waals surface area contributed by atoms with E-state index in [4.69, 9.17) is 21.1 Å². The zero-order valence-corrected chi connectivity index (χ0v) is 18.1. The van der Waals surface area contributed by atoms with Gasteiger partial charge in [0.1, 0.15) is 12.4 Å². The fourth-order valence-electron chi connectivity index (χ4n) is 3.85. The molecule has 1 heterocycles. The van der Waals surface area contributed by atoms with Crippen LogP contribution in [0.3, 0.4) is 0 Å². The first-order chi connectivity index (χ1) is 14.5. The second-order valence-electron chi connectivity index (χ2n) is 7.30. The number of halogens is 1. The maximum absolute atomic E-state index is 11.9. The minimum atomic E-state index is -0.554. The molecule has 1 aliphatic heterocycles. The number of nitriles is 1. The highest BCUT2D eigenvalue weighted by Crippen LogP contribution is 2.49. The summed E-state index contributed by atoms with van der Waals surface area (Å²) in [6, 6.07) is 15.7. The van der Waals surface area contributed by atoms with Crippen molar-refractivity contribution in [3.63, 3.8) is 0 Å². The lowest BCUT2D eigenvalue weighted by Gasteiger charge is -2.28. The molecule has 30 heavy (non-hydrogen) atoms. The normalized spacial score (nSPS) is 17.4. The number of fused-ring (bicyclic) bond motifs is 1. The third-order valence-corrected chi connectivity index (χ3v) is 5.09. The average Bonchev–Trinajstić information content (AvgIpc) is 3.04. The smallest absolute Gasteiger partial charge is 0.411 e. The molecule has 0 spiro atoms. The summed E-state index contributed by atoms with van der Waals surface area (Å²) >= 11 is 5.56. The van der Waals surface area contributed by atoms with Crippen LogP contribution in [-0.2, 0) is 4.74 Å². The predicted molar refractivity (Wildman–Crippen MR) is 118 cm³/mol. The second kappa shape index (κ2) is 9.73. The van der Waals surface area contributed by atoms with Gasteiger partial charge in [-0.15, -0.1) is 11.6 Å². The highest BCUT2D eigenvalue weighted by atomic mass is 35.5. The number of nitrogens with zero attached hydrogens (tertiary/aromatic N) is 2. The number of anilines is 2. The molecule has 1 amide bonds. The fraction of sp³-hybridized carbons (Fsp3) is 0.391. The van der Waals surface area contributed by atoms with E-state index in [2.05, 4.69) is 23.2 Å². The molecule has 6 nitrogen and oxygen atoms in total. The van der Waals surface area contributed by atoms with E-state index in [1.54, 1.807) is 6.07 Å². The minimum Gasteiger partial charge on any atom is -0.491 e. The van der Waals surface area contributed by atoms with E-state index in [0.717, 1.165) is 29.1 Å². The molecule has 1 N–H and O–H groups in total. The van der Waals surface area contributed by atoms with Crippen LogP contribution in [0.2, 0.25) is 0 Å². The highest BCUT2D eigenvalue weighted by Gasteiger charge is 2.39. The lowest BCUT2D eigenvalue weighted by Crippen LogP contribution is -2.26. The van der Waals surface area contributed by atoms with Crippen molar-refractivity contribution in [3.05, 3.63) is 53.6 Å². The fourth-order valence-corrected chi connectivity index (χ4v) is 3.92. The van der Waals surface area contributed by atoms with Crippen LogP contribution in [0.25, 0.3) is 0 Å². The SMILES string of the molecule is CCN1c2cc(OC(C)C)ccc2C(C#N)C1c1cccc(NC(=O)OCCCl)c1. The molecule has 2 unspecified atom stereocenters. The zero-order chi connectivity index (χ0) is 21.7. The van der Waals surface area contributed by atoms with Crippen LogP contribution >= 0.6 is 11.6 Å². The van der Waals surface area contributed by atoms with Gasteiger partial charge in [-0.05, 0) is 50.1 Å². The Morgan fingerprint density at radius 1 is 1.30 bits per heavy atom. The number of likely N-dealkylation sites (N-methyl/N-ethyl adjacent to an activating group) is 1. The molecule has 0 aliphatic carbocycles. The van der Waals surface area contributed by atoms with Gasteiger partial charge in [-0.3, -0.25) is 5.32 Å². The number of amides is 1. The van der Waals surface area contributed by atoms with Gasteiger partial charge in [0.25, 0.3) is 0 Å². The quantitative estimate of drug-likeness (QED) is 0.594. The lowest BCUT2D eigenvalue weighted by atomic mass is 9.91. The summed E-state index contributed by atoms with van der Waals surface area (Å²) in [5.74, 6) is 0.703. The van der Waals surface area contributed by atoms with Crippen LogP contribution in [0.15, 0.2) is 42.5 Å². The number of rotatable bonds is 7. The van der Waals surface area contributed by atoms with Crippen LogP contribution < -0.4 is 15.0 Å². The number of carbonyl (C=O) groups is 1. The maximum Gasteiger partial charge on any atom is 0.411 e. The van der Waals surface area contributed by atoms with E-state index in [1.165, 1.54) is 0 Å². The van der Waals surface area contributed by atoms with E-state index < -0.39 is 6.09 Å². The summed E-state index contributed by atoms with van der Waals surface area (Å²) in [7, 11) is 0. The molecule has 0 saturated heterocycles. The summed E-state index contributed by atoms with van der Waals surface area (Å²) in [6.45, 7) is 6.92. The highest BCUT2D eigenvalue weighted by molar-refractivity contribution is 6.18. The van der Waals surface area contributed by atoms with Crippen molar-refractivity contribution in [3.8, 4) is 11.8 Å². The van der Waals surface area contributed by atoms with Crippen LogP contribution in [0.4, 0.5) is 16.2 Å². The summed E-state index contributed by atoms with van der Waals surface area (Å²) in [6.07, 6.45) is -0.481. The monoisotopic (exact) mass is 427 g/mol. The summed E-state index contributed by atoms with van der Waals surface area (Å²) in [5, 5.41) is 12.7. The van der Waals surface area contributed by atoms with Gasteiger partial charge in [-0.25, -0.2) is 4.79 Å². The molecule has 0 radical (unpaired) electrons. The van der Waals surface area contributed by atoms with Crippen LogP contribution in [0.5, 0.6) is 5.75 Å². The second-order valence-corrected chi connectivity index (χ2v) is 7.68. The molecule has 2 atom stereocenters. The van der Waals surface area contributed by atoms with Crippen LogP contribution in [0, 0.1) is 11.3 Å². The lowest BCUT2D eigenvalue weighted by molar-refractivity contribution is 0.168. The van der Waals surface area contributed by atoms with Gasteiger partial charge in [0, 0.05) is 24.0 Å². The Hall–Kier alpha value is -2.91. The summed E-state index contributed by atoms with van der Waals surface area (Å²) in [5.41, 5.74) is 3.55. The molecule has 0 fully saturated rings. The third-order valence-electron chi connectivity index (χ3n) is 4.93. The Labute approximate surface area is 182 Å². The molecule has 0 bridgehead atoms. The zero-order valence-electron chi connectivity index (χ0n) is 17.4. The predicted octanol–water partition coefficient (Wildman–Crippen LogP) is 5.45. The van der Waals surface area contributed by atoms with Crippen LogP contribution in [-0.4, -0.2) is 31.2 Å². The molecule has 0 aromatic heterocycles. The Bertz CT molecular complexity index is 942. The number of ether oxygens (including phenoxy) is 2. The number of carbonyl (C=O) groups excluding carboxylic acids is 1. The van der Waals surface area contributed by atoms with Crippen molar-refractivity contribution in [2.45, 2.75) is 38.8 Å². The molecule has 7 heteroatoms. The topological polar surface area (TPSA) is 74.6 Å². The average molecular weight is 428 g/mol. The Kier molecular flexibility index (Phi) is 7.07. The van der Waals surface area contributed by atoms with Crippen molar-refractivity contribution >= 4 is 29.1 Å². The van der Waals surface area contributed by atoms with Crippen molar-refractivity contribution in [1.82, 2.24) is 0 Å². The Morgan fingerprint density at radius 3 is 2.77 bits per heavy atom. The molecular formula is C23H26ClN3O3. The van der Waals surface area contributed by atoms with E-state index >= 15 is 0 Å². The Balaban J connectivity index is 1.92. The molecule has 1 aliphatic rings. The summed E-state index contributed by atoms with van der Waals surface area (Å²) < 4.78 is 10.8. The van der Waals surface area contributed by atoms with E-state index in [-0.39, 0.29) is 30.6 Å². The number of benzene rings is 2. The van der Waals surface area contributed by atoms with Gasteiger partial charge >= 0.3 is 6.09 Å². The van der Waals surface area contributed by atoms with Gasteiger partial charge in [0.2, 0.25) is 0 Å². The van der Waals surface area contributed by atoms with Crippen molar-refractivity contribution in [2.24, 2.45) is 0 Å². The number of nitrogens with one attached hydrogen (secondary N) is 1. The van der Waals surface area contributed by atoms with Gasteiger partial charge in [-0.1, -0.05) is 18.2 Å². The number of alkyl halides is 1. The standard InChI is InChI=1S/C23H26ClN3O3/c1-4-27-21-13-18(30-15(2)3)8-9-19(21)20(14-25)22(27)16-6-5-7-17(12-16)26-23(28)29-11-10-24/h5-9,12-13,15,20,22H,4,10-11H2,1-3H3,(H,26,28). The van der Waals surface area contributed by atoms with E-state index in [1.807, 2.05) is 50.2 Å². The molecule has 158 valence electrons. The van der Waals surface area contributed by atoms with Gasteiger partial charge in [0.05, 0.1) is 30.0 Å². The third kappa shape index (κ3) is 4.63. The minimum absolute atomic E-state index is 0.0726. The van der Waals surface area contributed by atoms with E-state index in [9.17, 15) is 10.1 Å². The van der Waals surface area contributed by atoms with Gasteiger partial charge in [-0.2, -0.15) is 5.26 Å². The first-order valence-corrected chi connectivity index (χ1v) is 10.6.